The maximum Gasteiger partial charge on any atom is 0.275 e. The van der Waals surface area contributed by atoms with Gasteiger partial charge in [0.15, 0.2) is 0 Å². The molecule has 86 valence electrons. The molecule has 1 aromatic rings. The molecule has 0 radical (unpaired) electrons. The summed E-state index contributed by atoms with van der Waals surface area (Å²) in [4.78, 5) is 10.3. The Labute approximate surface area is 94.4 Å². The first-order valence-corrected chi connectivity index (χ1v) is 5.54. The van der Waals surface area contributed by atoms with Gasteiger partial charge in [-0.25, -0.2) is 0 Å². The standard InChI is InChI=1S/C12H15NO3/c1-9-2-5-11(8-12(9)13(14)15)16-7-6-10-3-4-10/h2,5,8,10H,3-4,6-7H2,1H3. The predicted octanol–water partition coefficient (Wildman–Crippen LogP) is 3.08. The van der Waals surface area contributed by atoms with Crippen molar-refractivity contribution in [3.05, 3.63) is 33.9 Å². The lowest BCUT2D eigenvalue weighted by atomic mass is 10.2. The van der Waals surface area contributed by atoms with Gasteiger partial charge in [0.25, 0.3) is 5.69 Å². The normalized spacial score (nSPS) is 14.8. The number of hydrogen-bond donors (Lipinski definition) is 0. The molecule has 16 heavy (non-hydrogen) atoms. The van der Waals surface area contributed by atoms with Crippen LogP contribution in [0.4, 0.5) is 5.69 Å². The molecule has 0 aliphatic heterocycles. The molecule has 4 nitrogen and oxygen atoms in total. The van der Waals surface area contributed by atoms with Crippen molar-refractivity contribution in [1.82, 2.24) is 0 Å². The molecule has 0 bridgehead atoms. The zero-order valence-electron chi connectivity index (χ0n) is 9.31. The first-order valence-electron chi connectivity index (χ1n) is 5.54. The highest BCUT2D eigenvalue weighted by Gasteiger charge is 2.20. The van der Waals surface area contributed by atoms with Gasteiger partial charge in [-0.2, -0.15) is 0 Å². The van der Waals surface area contributed by atoms with E-state index in [4.69, 9.17) is 4.74 Å². The SMILES string of the molecule is Cc1ccc(OCCC2CC2)cc1[N+](=O)[O-]. The summed E-state index contributed by atoms with van der Waals surface area (Å²) < 4.78 is 5.50. The van der Waals surface area contributed by atoms with Crippen molar-refractivity contribution in [3.63, 3.8) is 0 Å². The van der Waals surface area contributed by atoms with E-state index in [0.29, 0.717) is 17.9 Å². The monoisotopic (exact) mass is 221 g/mol. The van der Waals surface area contributed by atoms with Gasteiger partial charge in [0, 0.05) is 5.56 Å². The van der Waals surface area contributed by atoms with Crippen molar-refractivity contribution in [3.8, 4) is 5.75 Å². The molecule has 0 N–H and O–H groups in total. The van der Waals surface area contributed by atoms with E-state index in [0.717, 1.165) is 12.3 Å². The van der Waals surface area contributed by atoms with Crippen LogP contribution in [0.1, 0.15) is 24.8 Å². The van der Waals surface area contributed by atoms with Crippen LogP contribution in [0.25, 0.3) is 0 Å². The van der Waals surface area contributed by atoms with Gasteiger partial charge in [-0.05, 0) is 31.4 Å². The van der Waals surface area contributed by atoms with Crippen molar-refractivity contribution in [1.29, 1.82) is 0 Å². The van der Waals surface area contributed by atoms with E-state index >= 15 is 0 Å². The number of nitro benzene ring substituents is 1. The number of aryl methyl sites for hydroxylation is 1. The molecule has 0 saturated heterocycles. The molecule has 1 saturated carbocycles. The Balaban J connectivity index is 1.97. The lowest BCUT2D eigenvalue weighted by Gasteiger charge is -2.06. The summed E-state index contributed by atoms with van der Waals surface area (Å²) in [6.45, 7) is 2.39. The molecule has 1 aliphatic rings. The largest absolute Gasteiger partial charge is 0.493 e. The minimum atomic E-state index is -0.372. The highest BCUT2D eigenvalue weighted by molar-refractivity contribution is 5.45. The number of benzene rings is 1. The Kier molecular flexibility index (Phi) is 3.08. The third-order valence-corrected chi connectivity index (χ3v) is 2.87. The second-order valence-corrected chi connectivity index (χ2v) is 4.29. The van der Waals surface area contributed by atoms with Crippen LogP contribution < -0.4 is 4.74 Å². The van der Waals surface area contributed by atoms with Gasteiger partial charge < -0.3 is 4.74 Å². The van der Waals surface area contributed by atoms with Crippen LogP contribution >= 0.6 is 0 Å². The van der Waals surface area contributed by atoms with Crippen molar-refractivity contribution in [2.75, 3.05) is 6.61 Å². The lowest BCUT2D eigenvalue weighted by molar-refractivity contribution is -0.385. The van der Waals surface area contributed by atoms with E-state index in [2.05, 4.69) is 0 Å². The number of rotatable bonds is 5. The van der Waals surface area contributed by atoms with Gasteiger partial charge in [-0.3, -0.25) is 10.1 Å². The van der Waals surface area contributed by atoms with Crippen LogP contribution in [0.2, 0.25) is 0 Å². The maximum atomic E-state index is 10.7. The van der Waals surface area contributed by atoms with Gasteiger partial charge in [0.1, 0.15) is 5.75 Å². The summed E-state index contributed by atoms with van der Waals surface area (Å²) in [6.07, 6.45) is 3.66. The molecule has 0 heterocycles. The van der Waals surface area contributed by atoms with E-state index in [1.165, 1.54) is 18.9 Å². The zero-order chi connectivity index (χ0) is 11.5. The van der Waals surface area contributed by atoms with Crippen molar-refractivity contribution in [2.24, 2.45) is 5.92 Å². The predicted molar refractivity (Wildman–Crippen MR) is 60.7 cm³/mol. The van der Waals surface area contributed by atoms with Gasteiger partial charge in [-0.15, -0.1) is 0 Å². The number of nitrogens with zero attached hydrogens (tertiary/aromatic N) is 1. The summed E-state index contributed by atoms with van der Waals surface area (Å²) in [5, 5.41) is 10.7. The molecule has 4 heteroatoms. The highest BCUT2D eigenvalue weighted by atomic mass is 16.6. The van der Waals surface area contributed by atoms with Crippen LogP contribution in [0.15, 0.2) is 18.2 Å². The summed E-state index contributed by atoms with van der Waals surface area (Å²) in [5.41, 5.74) is 0.795. The number of nitro groups is 1. The summed E-state index contributed by atoms with van der Waals surface area (Å²) in [6, 6.07) is 5.02. The van der Waals surface area contributed by atoms with E-state index in [1.807, 2.05) is 0 Å². The topological polar surface area (TPSA) is 52.4 Å². The minimum Gasteiger partial charge on any atom is -0.493 e. The molecule has 1 aliphatic carbocycles. The number of ether oxygens (including phenoxy) is 1. The smallest absolute Gasteiger partial charge is 0.275 e. The molecule has 0 unspecified atom stereocenters. The average Bonchev–Trinajstić information content (AvgIpc) is 3.04. The van der Waals surface area contributed by atoms with Crippen LogP contribution in [0.5, 0.6) is 5.75 Å². The van der Waals surface area contributed by atoms with Gasteiger partial charge in [-0.1, -0.05) is 12.8 Å². The van der Waals surface area contributed by atoms with Gasteiger partial charge >= 0.3 is 0 Å². The van der Waals surface area contributed by atoms with Crippen molar-refractivity contribution in [2.45, 2.75) is 26.2 Å². The minimum absolute atomic E-state index is 0.129. The molecule has 0 spiro atoms. The molecule has 2 rings (SSSR count). The van der Waals surface area contributed by atoms with E-state index in [-0.39, 0.29) is 10.6 Å². The van der Waals surface area contributed by atoms with Crippen LogP contribution in [0.3, 0.4) is 0 Å². The fraction of sp³-hybridized carbons (Fsp3) is 0.500. The second kappa shape index (κ2) is 4.51. The fourth-order valence-corrected chi connectivity index (χ4v) is 1.63. The fourth-order valence-electron chi connectivity index (χ4n) is 1.63. The Hall–Kier alpha value is -1.58. The van der Waals surface area contributed by atoms with Gasteiger partial charge in [0.2, 0.25) is 0 Å². The van der Waals surface area contributed by atoms with E-state index in [1.54, 1.807) is 19.1 Å². The summed E-state index contributed by atoms with van der Waals surface area (Å²) in [7, 11) is 0. The molecule has 0 amide bonds. The van der Waals surface area contributed by atoms with Crippen LogP contribution in [0, 0.1) is 23.0 Å². The van der Waals surface area contributed by atoms with Crippen molar-refractivity contribution >= 4 is 5.69 Å². The Bertz CT molecular complexity index is 399. The molecule has 1 fully saturated rings. The quantitative estimate of drug-likeness (QED) is 0.567. The average molecular weight is 221 g/mol. The van der Waals surface area contributed by atoms with E-state index < -0.39 is 0 Å². The maximum absolute atomic E-state index is 10.7. The Morgan fingerprint density at radius 2 is 2.25 bits per heavy atom. The first-order chi connectivity index (χ1) is 7.66. The summed E-state index contributed by atoms with van der Waals surface area (Å²) >= 11 is 0. The Morgan fingerprint density at radius 1 is 1.50 bits per heavy atom. The van der Waals surface area contributed by atoms with E-state index in [9.17, 15) is 10.1 Å². The molecule has 0 aromatic heterocycles. The summed E-state index contributed by atoms with van der Waals surface area (Å²) in [5.74, 6) is 1.42. The number of hydrogen-bond acceptors (Lipinski definition) is 3. The third kappa shape index (κ3) is 2.72. The van der Waals surface area contributed by atoms with Crippen molar-refractivity contribution < 1.29 is 9.66 Å². The van der Waals surface area contributed by atoms with Crippen LogP contribution in [-0.4, -0.2) is 11.5 Å². The molecular weight excluding hydrogens is 206 g/mol. The molecule has 0 atom stereocenters. The highest BCUT2D eigenvalue weighted by Crippen LogP contribution is 2.32. The molecular formula is C12H15NO3. The van der Waals surface area contributed by atoms with Crippen LogP contribution in [-0.2, 0) is 0 Å². The van der Waals surface area contributed by atoms with Gasteiger partial charge in [0.05, 0.1) is 17.6 Å². The lowest BCUT2D eigenvalue weighted by Crippen LogP contribution is -1.99. The zero-order valence-corrected chi connectivity index (χ0v) is 9.31. The first kappa shape index (κ1) is 10.9. The third-order valence-electron chi connectivity index (χ3n) is 2.87. The molecule has 1 aromatic carbocycles. The Morgan fingerprint density at radius 3 is 2.88 bits per heavy atom. The second-order valence-electron chi connectivity index (χ2n) is 4.29.